The van der Waals surface area contributed by atoms with Gasteiger partial charge >= 0.3 is 35.8 Å². The minimum atomic E-state index is -1.96. The van der Waals surface area contributed by atoms with Crippen molar-refractivity contribution >= 4 is 179 Å². The van der Waals surface area contributed by atoms with Crippen molar-refractivity contribution in [1.82, 2.24) is 67.5 Å². The number of carbonyl (C=O) groups excluding carboxylic acids is 13. The number of carboxylic acid groups (broad SMARTS) is 6. The summed E-state index contributed by atoms with van der Waals surface area (Å²) >= 11 is 14.1. The molecular weight excluding hydrogens is 1640 g/mol. The van der Waals surface area contributed by atoms with Crippen LogP contribution in [0.15, 0.2) is 29.3 Å². The number of carbonyl (C=O) groups is 19. The fourth-order valence-corrected chi connectivity index (χ4v) is 13.0. The van der Waals surface area contributed by atoms with Crippen LogP contribution < -0.4 is 76.1 Å². The van der Waals surface area contributed by atoms with Crippen molar-refractivity contribution in [3.8, 4) is 0 Å². The van der Waals surface area contributed by atoms with Gasteiger partial charge in [0.25, 0.3) is 0 Å². The van der Waals surface area contributed by atoms with Gasteiger partial charge in [-0.2, -0.15) is 25.3 Å². The molecule has 1 heterocycles. The van der Waals surface area contributed by atoms with Gasteiger partial charge in [0.2, 0.25) is 76.8 Å². The normalized spacial score (nSPS) is 15.1. The molecule has 2 unspecified atom stereocenters. The molecule has 0 radical (unpaired) electrons. The van der Waals surface area contributed by atoms with Crippen LogP contribution >= 0.6 is 49.2 Å². The Morgan fingerprint density at radius 2 is 1.11 bits per heavy atom. The minimum Gasteiger partial charge on any atom is -0.481 e. The number of aliphatic imine (C=N–C) groups is 1. The highest BCUT2D eigenvalue weighted by molar-refractivity contribution is 8.01. The standard InChI is InChI=1S/C69H107N19O26S4/c1-5-36(4)58(84-63(110)42(20-35(2)3)77-61(108)43(22-48(71)90)78-60(107)41(10-9-16-74-68(72)73)76-64(111)45(31-89)80-59(106)40(70)32-115)66(113)79-44(23-52(94)95)62(109)81-46(33-116)65(112)82-50(92)34-118-47-24-51(93)88(67(47)114)17-8-6-7-11-49(91)83-69(117)75-38-14-12-37(13-15-38)21-39(87(29-56(102)103)30-57(104)105)25-85(26-53(96)97)18-19-86(27-54(98)99)28-55(100)101/h12-15,35-36,39-47,58,89,115-116H,5-11,16-34,70H2,1-4H3,(H2,71,90)(H,76,111)(H,77,108)(H,78,107)(H,79,113)(H,80,106)(H,81,109)(H,84,110)(H,94,95)(H,96,97)(H,98,99)(H,100,101)(H,102,103)(H,104,105)(H4,72,73,74)(H,82,92,112)(H2,75,83,91,117)/t36-,39?,40-,41-,42-,43-,44-,45-,46-,47?,58-/m0/s1. The Hall–Kier alpha value is -10.4. The Morgan fingerprint density at radius 1 is 0.593 bits per heavy atom. The van der Waals surface area contributed by atoms with E-state index in [1.807, 2.05) is 5.32 Å². The molecule has 1 aliphatic heterocycles. The van der Waals surface area contributed by atoms with Crippen molar-refractivity contribution in [2.75, 3.05) is 94.6 Å². The van der Waals surface area contributed by atoms with Gasteiger partial charge in [-0.05, 0) is 80.3 Å². The number of amides is 13. The van der Waals surface area contributed by atoms with E-state index in [0.717, 1.165) is 26.5 Å². The van der Waals surface area contributed by atoms with Gasteiger partial charge < -0.3 is 107 Å². The second-order valence-corrected chi connectivity index (χ2v) is 30.1. The SMILES string of the molecule is CC[C@H](C)[C@H](NC(=O)[C@H](CC(C)C)NC(=O)[C@H](CC(N)=O)NC(=O)[C@H](CCCN=C(N)N)NC(=O)[C@H](CO)NC(=O)[C@@H](N)CS)C(=O)N[C@@H](CC(=O)O)C(=O)N[C@@H](CS)C(=O)NC(=O)CSC1CC(=O)N(CCCCCC(=O)NC(=S)Nc2ccc(CC(CN(CCN(CC(=O)O)CC(=O)O)CC(=O)O)N(CC(=O)O)CC(=O)O)cc2)C1=O. The van der Waals surface area contributed by atoms with Crippen LogP contribution in [0.4, 0.5) is 5.69 Å². The maximum Gasteiger partial charge on any atom is 0.317 e. The zero-order valence-electron chi connectivity index (χ0n) is 65.3. The number of thioether (sulfide) groups is 1. The van der Waals surface area contributed by atoms with Gasteiger partial charge in [-0.3, -0.25) is 121 Å². The van der Waals surface area contributed by atoms with Crippen molar-refractivity contribution in [2.24, 2.45) is 39.8 Å². The highest BCUT2D eigenvalue weighted by Crippen LogP contribution is 2.26. The fraction of sp³-hybridized carbons (Fsp3) is 0.609. The van der Waals surface area contributed by atoms with Gasteiger partial charge in [-0.25, -0.2) is 0 Å². The van der Waals surface area contributed by atoms with E-state index < -0.39 is 242 Å². The molecule has 2 rings (SSSR count). The smallest absolute Gasteiger partial charge is 0.317 e. The molecule has 45 nitrogen and oxygen atoms in total. The van der Waals surface area contributed by atoms with Gasteiger partial charge in [0, 0.05) is 68.8 Å². The number of likely N-dealkylation sites (tertiary alicyclic amines) is 1. The molecule has 0 saturated carbocycles. The van der Waals surface area contributed by atoms with Crippen LogP contribution in [0, 0.1) is 11.8 Å². The number of thiol groups is 2. The van der Waals surface area contributed by atoms with Crippen LogP contribution in [-0.2, 0) is 97.5 Å². The Balaban J connectivity index is 2.09. The molecule has 1 aromatic rings. The third kappa shape index (κ3) is 40.6. The molecule has 49 heteroatoms. The van der Waals surface area contributed by atoms with Crippen molar-refractivity contribution < 1.29 is 127 Å². The maximum atomic E-state index is 14.3. The molecule has 118 heavy (non-hydrogen) atoms. The number of nitrogens with one attached hydrogen (secondary N) is 10. The molecule has 1 aliphatic rings. The molecule has 0 aliphatic carbocycles. The zero-order chi connectivity index (χ0) is 89.2. The van der Waals surface area contributed by atoms with E-state index in [-0.39, 0.29) is 113 Å². The summed E-state index contributed by atoms with van der Waals surface area (Å²) in [6.07, 6.45) is -1.67. The number of rotatable bonds is 58. The summed E-state index contributed by atoms with van der Waals surface area (Å²) < 4.78 is 0. The number of benzene rings is 1. The highest BCUT2D eigenvalue weighted by Gasteiger charge is 2.41. The molecule has 0 spiro atoms. The van der Waals surface area contributed by atoms with Gasteiger partial charge in [0.15, 0.2) is 11.1 Å². The number of hydrogen-bond donors (Lipinski definition) is 23. The van der Waals surface area contributed by atoms with Crippen molar-refractivity contribution in [1.29, 1.82) is 0 Å². The number of hydrogen-bond acceptors (Lipinski definition) is 29. The number of aliphatic hydroxyl groups is 1. The third-order valence-electron chi connectivity index (χ3n) is 17.5. The van der Waals surface area contributed by atoms with Crippen LogP contribution in [0.2, 0.25) is 0 Å². The fourth-order valence-electron chi connectivity index (χ4n) is 11.4. The van der Waals surface area contributed by atoms with Crippen molar-refractivity contribution in [3.63, 3.8) is 0 Å². The van der Waals surface area contributed by atoms with E-state index in [1.54, 1.807) is 45.0 Å². The highest BCUT2D eigenvalue weighted by atomic mass is 32.2. The number of nitrogens with zero attached hydrogens (tertiary/aromatic N) is 5. The molecule has 0 aromatic heterocycles. The zero-order valence-corrected chi connectivity index (χ0v) is 68.7. The maximum absolute atomic E-state index is 14.3. The monoisotopic (exact) mass is 1750 g/mol. The Kier molecular flexibility index (Phi) is 47.3. The van der Waals surface area contributed by atoms with E-state index in [2.05, 4.69) is 78.1 Å². The topological polar surface area (TPSA) is 716 Å². The first kappa shape index (κ1) is 104. The second kappa shape index (κ2) is 53.8. The molecule has 1 saturated heterocycles. The Morgan fingerprint density at radius 3 is 1.64 bits per heavy atom. The van der Waals surface area contributed by atoms with E-state index >= 15 is 0 Å². The van der Waals surface area contributed by atoms with E-state index in [9.17, 15) is 127 Å². The average Bonchev–Trinajstić information content (AvgIpc) is 1.73. The summed E-state index contributed by atoms with van der Waals surface area (Å²) in [5.74, 6) is -23.7. The lowest BCUT2D eigenvalue weighted by Crippen LogP contribution is -2.61. The van der Waals surface area contributed by atoms with E-state index in [1.165, 1.54) is 11.8 Å². The number of thiocarbonyl (C=S) groups is 1. The molecule has 0 bridgehead atoms. The lowest BCUT2D eigenvalue weighted by molar-refractivity contribution is -0.144. The van der Waals surface area contributed by atoms with Gasteiger partial charge in [-0.15, -0.1) is 11.8 Å². The summed E-state index contributed by atoms with van der Waals surface area (Å²) in [5, 5.41) is 90.0. The van der Waals surface area contributed by atoms with Crippen LogP contribution in [0.1, 0.15) is 104 Å². The number of imide groups is 2. The number of primary amides is 1. The molecule has 25 N–H and O–H groups in total. The molecule has 1 aromatic carbocycles. The largest absolute Gasteiger partial charge is 0.481 e. The van der Waals surface area contributed by atoms with Crippen molar-refractivity contribution in [3.05, 3.63) is 29.8 Å². The summed E-state index contributed by atoms with van der Waals surface area (Å²) in [4.78, 5) is 253. The molecule has 11 atom stereocenters. The number of nitrogens with two attached hydrogens (primary N) is 4. The molecule has 13 amide bonds. The molecule has 1 fully saturated rings. The summed E-state index contributed by atoms with van der Waals surface area (Å²) in [6, 6.07) is -7.71. The predicted octanol–water partition coefficient (Wildman–Crippen LogP) is -7.13. The predicted molar refractivity (Wildman–Crippen MR) is 431 cm³/mol. The summed E-state index contributed by atoms with van der Waals surface area (Å²) in [7, 11) is 0. The lowest BCUT2D eigenvalue weighted by Gasteiger charge is -2.34. The third-order valence-corrected chi connectivity index (χ3v) is 19.7. The van der Waals surface area contributed by atoms with Crippen LogP contribution in [0.5, 0.6) is 0 Å². The number of anilines is 1. The first-order valence-corrected chi connectivity index (χ1v) is 39.7. The summed E-state index contributed by atoms with van der Waals surface area (Å²) in [6.45, 7) is 1.14. The van der Waals surface area contributed by atoms with Crippen molar-refractivity contribution in [2.45, 2.75) is 164 Å². The number of carboxylic acids is 6. The van der Waals surface area contributed by atoms with E-state index in [0.29, 0.717) is 17.7 Å². The first-order valence-electron chi connectivity index (χ1n) is 36.9. The number of guanidine groups is 1. The van der Waals surface area contributed by atoms with Gasteiger partial charge in [0.05, 0.1) is 69.2 Å². The van der Waals surface area contributed by atoms with E-state index in [4.69, 9.17) is 35.2 Å². The summed E-state index contributed by atoms with van der Waals surface area (Å²) in [5.41, 5.74) is 22.9. The van der Waals surface area contributed by atoms with Crippen LogP contribution in [-0.4, -0.2) is 328 Å². The van der Waals surface area contributed by atoms with Crippen LogP contribution in [0.3, 0.4) is 0 Å². The van der Waals surface area contributed by atoms with Gasteiger partial charge in [-0.1, -0.05) is 52.7 Å². The minimum absolute atomic E-state index is 0.0200. The number of aliphatic carboxylic acids is 6. The lowest BCUT2D eigenvalue weighted by atomic mass is 9.96. The Bertz CT molecular complexity index is 3720. The quantitative estimate of drug-likeness (QED) is 0.00720. The van der Waals surface area contributed by atoms with Gasteiger partial charge in [0.1, 0.15) is 42.3 Å². The molecular formula is C69H107N19O26S4. The molecule has 658 valence electrons. The second-order valence-electron chi connectivity index (χ2n) is 27.7. The average molecular weight is 1750 g/mol. The number of aliphatic hydroxyl groups excluding tert-OH is 1. The number of unbranched alkanes of at least 4 members (excludes halogenated alkanes) is 2. The van der Waals surface area contributed by atoms with Crippen LogP contribution in [0.25, 0.3) is 0 Å². The Labute approximate surface area is 698 Å². The first-order chi connectivity index (χ1) is 55.4.